The summed E-state index contributed by atoms with van der Waals surface area (Å²) in [5.74, 6) is -0.407. The Bertz CT molecular complexity index is 1480. The number of likely N-dealkylation sites (tertiary alicyclic amines) is 1. The highest BCUT2D eigenvalue weighted by molar-refractivity contribution is 7.37. The molecule has 2 unspecified atom stereocenters. The van der Waals surface area contributed by atoms with Crippen LogP contribution in [-0.2, 0) is 22.4 Å². The second-order valence-corrected chi connectivity index (χ2v) is 13.8. The molecule has 4 aromatic rings. The number of aryl methyl sites for hydroxylation is 2. The minimum Gasteiger partial charge on any atom is -0.451 e. The first kappa shape index (κ1) is 27.6. The number of fused-ring (bicyclic) bond motifs is 2. The van der Waals surface area contributed by atoms with Gasteiger partial charge in [0.15, 0.2) is 16.2 Å². The predicted octanol–water partition coefficient (Wildman–Crippen LogP) is 5.74. The molecule has 1 fully saturated rings. The van der Waals surface area contributed by atoms with Crippen LogP contribution in [0.3, 0.4) is 0 Å². The lowest BCUT2D eigenvalue weighted by molar-refractivity contribution is -0.129. The van der Waals surface area contributed by atoms with Crippen molar-refractivity contribution in [1.29, 1.82) is 0 Å². The van der Waals surface area contributed by atoms with E-state index in [0.29, 0.717) is 25.0 Å². The van der Waals surface area contributed by atoms with Gasteiger partial charge in [-0.05, 0) is 61.3 Å². The predicted molar refractivity (Wildman–Crippen MR) is 158 cm³/mol. The van der Waals surface area contributed by atoms with E-state index in [0.717, 1.165) is 24.9 Å². The van der Waals surface area contributed by atoms with Gasteiger partial charge in [0.25, 0.3) is 5.91 Å². The van der Waals surface area contributed by atoms with Crippen LogP contribution in [0, 0.1) is 12.8 Å². The molecule has 7 nitrogen and oxygen atoms in total. The van der Waals surface area contributed by atoms with Gasteiger partial charge in [0.05, 0.1) is 17.3 Å². The van der Waals surface area contributed by atoms with Gasteiger partial charge in [0.1, 0.15) is 23.3 Å². The quantitative estimate of drug-likeness (QED) is 0.266. The van der Waals surface area contributed by atoms with Crippen molar-refractivity contribution in [3.63, 3.8) is 0 Å². The van der Waals surface area contributed by atoms with Crippen LogP contribution in [0.2, 0.25) is 0 Å². The van der Waals surface area contributed by atoms with E-state index in [-0.39, 0.29) is 33.8 Å². The molecule has 0 radical (unpaired) electrons. The summed E-state index contributed by atoms with van der Waals surface area (Å²) in [6, 6.07) is 9.99. The minimum atomic E-state index is -0.759. The van der Waals surface area contributed by atoms with Gasteiger partial charge in [-0.2, -0.15) is 0 Å². The molecule has 2 N–H and O–H groups in total. The van der Waals surface area contributed by atoms with Gasteiger partial charge in [-0.25, -0.2) is 0 Å². The lowest BCUT2D eigenvalue weighted by Gasteiger charge is -2.23. The van der Waals surface area contributed by atoms with Gasteiger partial charge in [-0.3, -0.25) is 19.3 Å². The van der Waals surface area contributed by atoms with Crippen LogP contribution in [-0.4, -0.2) is 47.7 Å². The molecular formula is C30H36N3O4S2+. The lowest BCUT2D eigenvalue weighted by atomic mass is 10.0. The van der Waals surface area contributed by atoms with Crippen LogP contribution in [0.5, 0.6) is 0 Å². The van der Waals surface area contributed by atoms with Crippen molar-refractivity contribution in [3.8, 4) is 0 Å². The number of hydrogen-bond donors (Lipinski definition) is 2. The Hall–Kier alpha value is -3.01. The molecule has 3 aromatic heterocycles. The topological polar surface area (TPSA) is 91.7 Å². The number of nitrogens with one attached hydrogen (secondary N) is 2. The van der Waals surface area contributed by atoms with E-state index in [9.17, 15) is 14.4 Å². The molecule has 0 saturated carbocycles. The van der Waals surface area contributed by atoms with E-state index >= 15 is 0 Å². The van der Waals surface area contributed by atoms with Crippen molar-refractivity contribution in [1.82, 2.24) is 15.5 Å². The van der Waals surface area contributed by atoms with Crippen molar-refractivity contribution >= 4 is 59.8 Å². The highest BCUT2D eigenvalue weighted by atomic mass is 32.2. The first-order valence-corrected chi connectivity index (χ1v) is 16.0. The third kappa shape index (κ3) is 6.10. The maximum atomic E-state index is 13.3. The average Bonchev–Trinajstić information content (AvgIpc) is 3.54. The van der Waals surface area contributed by atoms with Crippen LogP contribution in [0.1, 0.15) is 54.1 Å². The molecular weight excluding hydrogens is 530 g/mol. The fourth-order valence-electron chi connectivity index (χ4n) is 5.34. The molecule has 1 aromatic carbocycles. The van der Waals surface area contributed by atoms with Crippen molar-refractivity contribution in [2.45, 2.75) is 58.7 Å². The summed E-state index contributed by atoms with van der Waals surface area (Å²) in [6.07, 6.45) is 4.12. The molecule has 39 heavy (non-hydrogen) atoms. The van der Waals surface area contributed by atoms with Gasteiger partial charge in [-0.15, -0.1) is 11.3 Å². The number of nitrogens with zero attached hydrogens (tertiary/aromatic N) is 1. The SMILES string of the molecule is Cc1c(CN2CCCC(NC(=O)[C@H](CC(C)C)NC(=O)c3cc4ccccc4o3)C(=O)C2)sc2cc[s+](C)c12. The maximum Gasteiger partial charge on any atom is 0.287 e. The number of furan rings is 1. The molecule has 5 rings (SSSR count). The number of ketones is 1. The molecule has 206 valence electrons. The van der Waals surface area contributed by atoms with Crippen LogP contribution in [0.15, 0.2) is 46.2 Å². The number of thiophene rings is 2. The molecule has 2 amide bonds. The van der Waals surface area contributed by atoms with E-state index in [1.54, 1.807) is 12.1 Å². The Kier molecular flexibility index (Phi) is 8.21. The smallest absolute Gasteiger partial charge is 0.287 e. The second-order valence-electron chi connectivity index (χ2n) is 10.9. The molecule has 1 aliphatic heterocycles. The molecule has 3 atom stereocenters. The van der Waals surface area contributed by atoms with E-state index in [1.807, 2.05) is 43.4 Å². The van der Waals surface area contributed by atoms with Crippen LogP contribution < -0.4 is 10.6 Å². The zero-order valence-corrected chi connectivity index (χ0v) is 24.5. The van der Waals surface area contributed by atoms with Gasteiger partial charge in [-0.1, -0.05) is 32.0 Å². The van der Waals surface area contributed by atoms with Crippen LogP contribution in [0.25, 0.3) is 20.4 Å². The van der Waals surface area contributed by atoms with Gasteiger partial charge < -0.3 is 15.1 Å². The first-order valence-electron chi connectivity index (χ1n) is 13.5. The molecule has 9 heteroatoms. The van der Waals surface area contributed by atoms with Gasteiger partial charge >= 0.3 is 0 Å². The lowest BCUT2D eigenvalue weighted by Crippen LogP contribution is -2.52. The number of carbonyl (C=O) groups excluding carboxylic acids is 3. The van der Waals surface area contributed by atoms with E-state index < -0.39 is 18.0 Å². The number of para-hydroxylation sites is 1. The first-order chi connectivity index (χ1) is 18.7. The number of hydrogen-bond acceptors (Lipinski definition) is 6. The minimum absolute atomic E-state index is 0.0182. The third-order valence-electron chi connectivity index (χ3n) is 7.36. The highest BCUT2D eigenvalue weighted by Crippen LogP contribution is 2.40. The zero-order valence-electron chi connectivity index (χ0n) is 22.9. The molecule has 0 bridgehead atoms. The Morgan fingerprint density at radius 2 is 2.03 bits per heavy atom. The van der Waals surface area contributed by atoms with Gasteiger partial charge in [0, 0.05) is 28.4 Å². The monoisotopic (exact) mass is 566 g/mol. The Morgan fingerprint density at radius 3 is 2.77 bits per heavy atom. The number of amides is 2. The van der Waals surface area contributed by atoms with Crippen LogP contribution in [0.4, 0.5) is 0 Å². The number of Topliss-reactive ketones (excluding diaryl/α,β-unsaturated/α-hetero) is 1. The molecule has 1 saturated heterocycles. The Morgan fingerprint density at radius 1 is 1.23 bits per heavy atom. The van der Waals surface area contributed by atoms with Crippen molar-refractivity contribution in [2.75, 3.05) is 13.1 Å². The van der Waals surface area contributed by atoms with Crippen molar-refractivity contribution < 1.29 is 18.8 Å². The van der Waals surface area contributed by atoms with E-state index in [1.165, 1.54) is 19.8 Å². The summed E-state index contributed by atoms with van der Waals surface area (Å²) in [7, 11) is 0.163. The summed E-state index contributed by atoms with van der Waals surface area (Å²) < 4.78 is 8.48. The zero-order chi connectivity index (χ0) is 27.7. The molecule has 1 aliphatic rings. The van der Waals surface area contributed by atoms with Crippen LogP contribution >= 0.6 is 21.8 Å². The molecule has 4 heterocycles. The van der Waals surface area contributed by atoms with Crippen molar-refractivity contribution in [2.24, 2.45) is 12.2 Å². The van der Waals surface area contributed by atoms with Crippen molar-refractivity contribution in [3.05, 3.63) is 58.0 Å². The summed E-state index contributed by atoms with van der Waals surface area (Å²) in [5.41, 5.74) is 1.97. The number of rotatable bonds is 8. The summed E-state index contributed by atoms with van der Waals surface area (Å²) in [6.45, 7) is 8.07. The molecule has 0 spiro atoms. The summed E-state index contributed by atoms with van der Waals surface area (Å²) >= 11 is 1.83. The fourth-order valence-corrected chi connectivity index (χ4v) is 8.63. The Balaban J connectivity index is 1.22. The van der Waals surface area contributed by atoms with Gasteiger partial charge in [0.2, 0.25) is 5.91 Å². The summed E-state index contributed by atoms with van der Waals surface area (Å²) in [4.78, 5) is 43.1. The standard InChI is InChI=1S/C30H35N3O4S2/c1-18(2)14-22(32-30(36)25-15-20-8-5-6-10-24(20)37-25)29(35)31-21-9-7-12-33(16-23(21)34)17-27-19(3)28-26(38-27)11-13-39(28)4/h5-6,8,10-11,13,15,18,21-22H,7,9,12,14,16-17H2,1-4H3,(H-,31,32,35,36)/p+1/t21?,22-,39?/m0/s1. The largest absolute Gasteiger partial charge is 0.451 e. The molecule has 0 aliphatic carbocycles. The van der Waals surface area contributed by atoms with E-state index in [4.69, 9.17) is 4.42 Å². The Labute approximate surface area is 235 Å². The highest BCUT2D eigenvalue weighted by Gasteiger charge is 2.31. The number of benzene rings is 1. The average molecular weight is 567 g/mol. The maximum absolute atomic E-state index is 13.3. The number of carbonyl (C=O) groups is 3. The summed E-state index contributed by atoms with van der Waals surface area (Å²) in [5, 5.41) is 8.91. The third-order valence-corrected chi connectivity index (χ3v) is 10.4. The second kappa shape index (κ2) is 11.6. The van der Waals surface area contributed by atoms with E-state index in [2.05, 4.69) is 40.2 Å². The fraction of sp³-hybridized carbons (Fsp3) is 0.433. The normalized spacial score (nSPS) is 18.0.